The molecular formula is C42H45ClN8O7S. The van der Waals surface area contributed by atoms with E-state index in [2.05, 4.69) is 40.0 Å². The second-order valence-corrected chi connectivity index (χ2v) is 16.5. The third kappa shape index (κ3) is 8.83. The number of aliphatic imine (C=N–C) groups is 1. The number of imide groups is 2. The van der Waals surface area contributed by atoms with Gasteiger partial charge in [-0.25, -0.2) is 0 Å². The fraction of sp³-hybridized carbons (Fsp3) is 0.405. The molecule has 5 heterocycles. The van der Waals surface area contributed by atoms with Gasteiger partial charge in [-0.05, 0) is 69.9 Å². The normalized spacial score (nSPS) is 17.2. The molecule has 59 heavy (non-hydrogen) atoms. The molecule has 0 bridgehead atoms. The fourth-order valence-corrected chi connectivity index (χ4v) is 8.93. The molecule has 6 amide bonds. The molecular weight excluding hydrogens is 796 g/mol. The Morgan fingerprint density at radius 1 is 0.881 bits per heavy atom. The summed E-state index contributed by atoms with van der Waals surface area (Å²) < 4.78 is 7.69. The third-order valence-corrected chi connectivity index (χ3v) is 12.2. The van der Waals surface area contributed by atoms with Gasteiger partial charge in [0.15, 0.2) is 12.4 Å². The number of rotatable bonds is 16. The Balaban J connectivity index is 0.812. The number of carbonyl (C=O) groups is 6. The Morgan fingerprint density at radius 2 is 1.58 bits per heavy atom. The molecule has 1 saturated heterocycles. The molecule has 3 aliphatic rings. The molecule has 0 spiro atoms. The Bertz CT molecular complexity index is 2350. The molecule has 308 valence electrons. The molecule has 3 aliphatic heterocycles. The van der Waals surface area contributed by atoms with Crippen LogP contribution in [0.5, 0.6) is 5.75 Å². The summed E-state index contributed by atoms with van der Waals surface area (Å²) in [6, 6.07) is 10.5. The molecule has 4 aromatic rings. The van der Waals surface area contributed by atoms with Gasteiger partial charge in [0, 0.05) is 40.5 Å². The predicted molar refractivity (Wildman–Crippen MR) is 220 cm³/mol. The van der Waals surface area contributed by atoms with Gasteiger partial charge in [0.2, 0.25) is 17.7 Å². The number of halogens is 1. The number of unbranched alkanes of at least 4 members (excludes halogenated alkanes) is 5. The predicted octanol–water partition coefficient (Wildman–Crippen LogP) is 5.24. The smallest absolute Gasteiger partial charge is 0.266 e. The molecule has 17 heteroatoms. The minimum Gasteiger partial charge on any atom is -0.483 e. The van der Waals surface area contributed by atoms with E-state index >= 15 is 0 Å². The summed E-state index contributed by atoms with van der Waals surface area (Å²) in [5, 5.41) is 18.5. The molecule has 0 radical (unpaired) electrons. The van der Waals surface area contributed by atoms with Crippen molar-refractivity contribution in [2.45, 2.75) is 90.6 Å². The minimum atomic E-state index is -1.09. The van der Waals surface area contributed by atoms with Crippen molar-refractivity contribution in [1.29, 1.82) is 0 Å². The van der Waals surface area contributed by atoms with Crippen LogP contribution in [0.15, 0.2) is 47.5 Å². The highest BCUT2D eigenvalue weighted by Crippen LogP contribution is 2.40. The molecule has 0 unspecified atom stereocenters. The van der Waals surface area contributed by atoms with E-state index in [1.807, 2.05) is 35.8 Å². The molecule has 3 N–H and O–H groups in total. The van der Waals surface area contributed by atoms with Crippen LogP contribution in [0.3, 0.4) is 0 Å². The number of aryl methyl sites for hydroxylation is 2. The van der Waals surface area contributed by atoms with Crippen LogP contribution in [0.4, 0.5) is 0 Å². The summed E-state index contributed by atoms with van der Waals surface area (Å²) in [6.07, 6.45) is 5.60. The molecule has 15 nitrogen and oxygen atoms in total. The highest BCUT2D eigenvalue weighted by atomic mass is 35.5. The van der Waals surface area contributed by atoms with E-state index in [1.165, 1.54) is 17.0 Å². The summed E-state index contributed by atoms with van der Waals surface area (Å²) in [6.45, 7) is 6.75. The maximum Gasteiger partial charge on any atom is 0.266 e. The Morgan fingerprint density at radius 3 is 2.29 bits per heavy atom. The zero-order valence-corrected chi connectivity index (χ0v) is 34.6. The molecule has 0 saturated carbocycles. The van der Waals surface area contributed by atoms with Crippen LogP contribution in [0.25, 0.3) is 5.00 Å². The number of hydrogen-bond acceptors (Lipinski definition) is 11. The second kappa shape index (κ2) is 18.0. The average Bonchev–Trinajstić information content (AvgIpc) is 3.79. The van der Waals surface area contributed by atoms with Crippen LogP contribution >= 0.6 is 22.9 Å². The number of nitrogens with one attached hydrogen (secondary N) is 3. The van der Waals surface area contributed by atoms with Gasteiger partial charge in [-0.2, -0.15) is 0 Å². The number of hydrogen-bond donors (Lipinski definition) is 3. The van der Waals surface area contributed by atoms with E-state index in [0.29, 0.717) is 23.9 Å². The standard InChI is InChI=1S/C42H45ClN8O7S/c1-23-24(2)59-42-35(23)37(26-13-15-27(43)16-14-26)46-29(38-49-48-25(3)50(38)42)21-33(53)44-19-8-6-4-5-7-9-20-45-34(54)22-58-31-12-10-11-28-36(31)41(57)51(40(28)56)30-17-18-32(52)47-39(30)55/h10-16,29-30H,4-9,17-22H2,1-3H3,(H,44,53)(H,45,54)(H,47,52,55)/t29-,30-/m0/s1. The summed E-state index contributed by atoms with van der Waals surface area (Å²) in [5.74, 6) is -1.52. The number of fused-ring (bicyclic) bond motifs is 4. The van der Waals surface area contributed by atoms with Gasteiger partial charge in [-0.1, -0.05) is 55.5 Å². The van der Waals surface area contributed by atoms with E-state index in [4.69, 9.17) is 21.3 Å². The number of carbonyl (C=O) groups excluding carboxylic acids is 6. The zero-order valence-electron chi connectivity index (χ0n) is 33.1. The van der Waals surface area contributed by atoms with Crippen LogP contribution < -0.4 is 20.7 Å². The number of aromatic nitrogens is 3. The zero-order chi connectivity index (χ0) is 41.8. The molecule has 7 rings (SSSR count). The topological polar surface area (TPSA) is 194 Å². The third-order valence-electron chi connectivity index (χ3n) is 10.8. The SMILES string of the molecule is Cc1sc2c(c1C)C(c1ccc(Cl)cc1)=N[C@@H](CC(=O)NCCCCCCCCNC(=O)COc1cccc3c1C(=O)N([C@H]1CCC(=O)NC1=O)C3=O)c1nnc(C)n1-2. The van der Waals surface area contributed by atoms with Crippen molar-refractivity contribution in [1.82, 2.24) is 35.6 Å². The van der Waals surface area contributed by atoms with E-state index < -0.39 is 35.7 Å². The Kier molecular flexibility index (Phi) is 12.7. The van der Waals surface area contributed by atoms with Crippen molar-refractivity contribution in [2.24, 2.45) is 4.99 Å². The van der Waals surface area contributed by atoms with Gasteiger partial charge in [0.1, 0.15) is 28.7 Å². The first kappa shape index (κ1) is 41.4. The highest BCUT2D eigenvalue weighted by Gasteiger charge is 2.46. The highest BCUT2D eigenvalue weighted by molar-refractivity contribution is 7.15. The van der Waals surface area contributed by atoms with Crippen molar-refractivity contribution in [3.8, 4) is 10.8 Å². The van der Waals surface area contributed by atoms with E-state index in [0.717, 1.165) is 76.7 Å². The van der Waals surface area contributed by atoms with Gasteiger partial charge in [-0.15, -0.1) is 21.5 Å². The monoisotopic (exact) mass is 840 g/mol. The van der Waals surface area contributed by atoms with Crippen LogP contribution in [0, 0.1) is 20.8 Å². The number of nitrogens with zero attached hydrogens (tertiary/aromatic N) is 5. The first-order chi connectivity index (χ1) is 28.4. The molecule has 2 aromatic carbocycles. The van der Waals surface area contributed by atoms with Gasteiger partial charge >= 0.3 is 0 Å². The molecule has 2 aromatic heterocycles. The Hall–Kier alpha value is -5.74. The van der Waals surface area contributed by atoms with E-state index in [-0.39, 0.29) is 54.6 Å². The van der Waals surface area contributed by atoms with Crippen LogP contribution in [0.1, 0.15) is 118 Å². The lowest BCUT2D eigenvalue weighted by atomic mass is 9.99. The average molecular weight is 841 g/mol. The summed E-state index contributed by atoms with van der Waals surface area (Å²) in [4.78, 5) is 83.2. The lowest BCUT2D eigenvalue weighted by molar-refractivity contribution is -0.136. The second-order valence-electron chi connectivity index (χ2n) is 14.8. The van der Waals surface area contributed by atoms with Crippen LogP contribution in [-0.4, -0.2) is 86.6 Å². The first-order valence-corrected chi connectivity index (χ1v) is 21.0. The maximum atomic E-state index is 13.3. The lowest BCUT2D eigenvalue weighted by Gasteiger charge is -2.27. The first-order valence-electron chi connectivity index (χ1n) is 19.8. The van der Waals surface area contributed by atoms with Crippen molar-refractivity contribution < 1.29 is 33.5 Å². The van der Waals surface area contributed by atoms with Crippen molar-refractivity contribution in [2.75, 3.05) is 19.7 Å². The molecule has 2 atom stereocenters. The van der Waals surface area contributed by atoms with Crippen LogP contribution in [-0.2, 0) is 19.2 Å². The summed E-state index contributed by atoms with van der Waals surface area (Å²) >= 11 is 7.89. The molecule has 0 aliphatic carbocycles. The van der Waals surface area contributed by atoms with Crippen molar-refractivity contribution >= 4 is 64.1 Å². The fourth-order valence-electron chi connectivity index (χ4n) is 7.59. The summed E-state index contributed by atoms with van der Waals surface area (Å²) in [7, 11) is 0. The quantitative estimate of drug-likeness (QED) is 0.0999. The number of amides is 6. The van der Waals surface area contributed by atoms with Gasteiger partial charge in [0.05, 0.1) is 23.3 Å². The van der Waals surface area contributed by atoms with Crippen molar-refractivity contribution in [3.05, 3.63) is 91.8 Å². The number of ether oxygens (including phenoxy) is 1. The molecule has 1 fully saturated rings. The minimum absolute atomic E-state index is 0.00441. The number of piperidine rings is 1. The van der Waals surface area contributed by atoms with E-state index in [9.17, 15) is 28.8 Å². The lowest BCUT2D eigenvalue weighted by Crippen LogP contribution is -2.54. The maximum absolute atomic E-state index is 13.3. The Labute approximate surface area is 350 Å². The summed E-state index contributed by atoms with van der Waals surface area (Å²) in [5.41, 5.74) is 3.95. The van der Waals surface area contributed by atoms with Gasteiger partial charge in [0.25, 0.3) is 17.7 Å². The van der Waals surface area contributed by atoms with E-state index in [1.54, 1.807) is 17.4 Å². The number of benzene rings is 2. The van der Waals surface area contributed by atoms with Gasteiger partial charge in [-0.3, -0.25) is 48.5 Å². The van der Waals surface area contributed by atoms with Gasteiger partial charge < -0.3 is 15.4 Å². The largest absolute Gasteiger partial charge is 0.483 e. The number of thiophene rings is 1. The van der Waals surface area contributed by atoms with Crippen LogP contribution in [0.2, 0.25) is 5.02 Å². The van der Waals surface area contributed by atoms with Crippen molar-refractivity contribution in [3.63, 3.8) is 0 Å².